The Kier molecular flexibility index (Phi) is 6.97. The zero-order valence-electron chi connectivity index (χ0n) is 19.7. The Balaban J connectivity index is 1.51. The number of amides is 2. The number of halogens is 1. The lowest BCUT2D eigenvalue weighted by atomic mass is 9.73. The smallest absolute Gasteiger partial charge is 0.416 e. The van der Waals surface area contributed by atoms with Gasteiger partial charge in [0.1, 0.15) is 17.9 Å². The van der Waals surface area contributed by atoms with Crippen LogP contribution >= 0.6 is 0 Å². The third-order valence-corrected chi connectivity index (χ3v) is 6.53. The van der Waals surface area contributed by atoms with Crippen LogP contribution < -0.4 is 14.8 Å². The highest BCUT2D eigenvalue weighted by Gasteiger charge is 2.41. The first-order chi connectivity index (χ1) is 16.3. The second kappa shape index (κ2) is 9.92. The van der Waals surface area contributed by atoms with Gasteiger partial charge >= 0.3 is 6.09 Å². The number of carbonyl (C=O) groups is 2. The van der Waals surface area contributed by atoms with E-state index in [0.717, 1.165) is 32.0 Å². The molecule has 9 nitrogen and oxygen atoms in total. The van der Waals surface area contributed by atoms with Gasteiger partial charge < -0.3 is 24.6 Å². The molecule has 0 saturated carbocycles. The molecule has 0 radical (unpaired) electrons. The van der Waals surface area contributed by atoms with Crippen molar-refractivity contribution >= 4 is 12.0 Å². The first kappa shape index (κ1) is 23.9. The minimum Gasteiger partial charge on any atom is -0.449 e. The van der Waals surface area contributed by atoms with E-state index in [1.165, 1.54) is 24.7 Å². The summed E-state index contributed by atoms with van der Waals surface area (Å²) < 4.78 is 25.5. The maximum Gasteiger partial charge on any atom is 0.416 e. The third kappa shape index (κ3) is 4.96. The van der Waals surface area contributed by atoms with E-state index in [9.17, 15) is 14.0 Å². The number of likely N-dealkylation sites (tertiary alicyclic amines) is 1. The van der Waals surface area contributed by atoms with E-state index in [-0.39, 0.29) is 34.9 Å². The summed E-state index contributed by atoms with van der Waals surface area (Å²) in [6, 6.07) is 3.62. The fraction of sp³-hybridized carbons (Fsp3) is 0.500. The zero-order chi connectivity index (χ0) is 24.3. The molecule has 1 N–H and O–H groups in total. The van der Waals surface area contributed by atoms with Gasteiger partial charge in [0.2, 0.25) is 5.75 Å². The van der Waals surface area contributed by atoms with Crippen LogP contribution in [-0.2, 0) is 0 Å². The van der Waals surface area contributed by atoms with E-state index < -0.39 is 11.9 Å². The summed E-state index contributed by atoms with van der Waals surface area (Å²) >= 11 is 0. The van der Waals surface area contributed by atoms with E-state index in [1.807, 2.05) is 20.8 Å². The second-order valence-electron chi connectivity index (χ2n) is 9.08. The molecule has 1 aromatic heterocycles. The Labute approximate surface area is 198 Å². The molecule has 10 heteroatoms. The number of benzene rings is 1. The molecule has 2 fully saturated rings. The van der Waals surface area contributed by atoms with E-state index in [2.05, 4.69) is 15.3 Å². The average Bonchev–Trinajstić information content (AvgIpc) is 2.80. The summed E-state index contributed by atoms with van der Waals surface area (Å²) in [5.41, 5.74) is 0.362. The van der Waals surface area contributed by atoms with Crippen LogP contribution in [0.15, 0.2) is 30.7 Å². The molecule has 4 rings (SSSR count). The number of rotatable bonds is 6. The molecule has 1 aromatic carbocycles. The molecule has 3 heterocycles. The Morgan fingerprint density at radius 3 is 2.59 bits per heavy atom. The van der Waals surface area contributed by atoms with Crippen LogP contribution in [-0.4, -0.2) is 70.5 Å². The average molecular weight is 472 g/mol. The summed E-state index contributed by atoms with van der Waals surface area (Å²) in [5.74, 6) is -0.813. The first-order valence-corrected chi connectivity index (χ1v) is 11.6. The van der Waals surface area contributed by atoms with Gasteiger partial charge in [0, 0.05) is 38.8 Å². The summed E-state index contributed by atoms with van der Waals surface area (Å²) in [4.78, 5) is 37.1. The van der Waals surface area contributed by atoms with E-state index in [0.29, 0.717) is 25.0 Å². The van der Waals surface area contributed by atoms with Crippen LogP contribution in [0.5, 0.6) is 17.4 Å². The van der Waals surface area contributed by atoms with Gasteiger partial charge in [-0.1, -0.05) is 0 Å². The van der Waals surface area contributed by atoms with E-state index in [4.69, 9.17) is 9.47 Å². The first-order valence-electron chi connectivity index (χ1n) is 11.6. The van der Waals surface area contributed by atoms with Gasteiger partial charge in [-0.2, -0.15) is 4.98 Å². The number of ether oxygens (including phenoxy) is 2. The molecule has 182 valence electrons. The second-order valence-corrected chi connectivity index (χ2v) is 9.08. The predicted molar refractivity (Wildman–Crippen MR) is 122 cm³/mol. The molecule has 0 aliphatic carbocycles. The predicted octanol–water partition coefficient (Wildman–Crippen LogP) is 3.46. The van der Waals surface area contributed by atoms with E-state index >= 15 is 0 Å². The van der Waals surface area contributed by atoms with Crippen molar-refractivity contribution in [2.24, 2.45) is 5.41 Å². The lowest BCUT2D eigenvalue weighted by Gasteiger charge is -2.47. The van der Waals surface area contributed by atoms with Crippen molar-refractivity contribution in [3.05, 3.63) is 42.1 Å². The zero-order valence-corrected chi connectivity index (χ0v) is 19.7. The van der Waals surface area contributed by atoms with Crippen molar-refractivity contribution in [3.8, 4) is 17.4 Å². The number of aromatic nitrogens is 2. The van der Waals surface area contributed by atoms with Crippen molar-refractivity contribution in [3.63, 3.8) is 0 Å². The van der Waals surface area contributed by atoms with Gasteiger partial charge in [-0.15, -0.1) is 0 Å². The molecule has 0 bridgehead atoms. The minimum atomic E-state index is -0.559. The molecule has 2 amide bonds. The maximum atomic E-state index is 14.0. The summed E-state index contributed by atoms with van der Waals surface area (Å²) in [6.45, 7) is 9.28. The monoisotopic (exact) mass is 471 g/mol. The Hall–Kier alpha value is -3.27. The largest absolute Gasteiger partial charge is 0.449 e. The highest BCUT2D eigenvalue weighted by molar-refractivity contribution is 5.97. The highest BCUT2D eigenvalue weighted by Crippen LogP contribution is 2.36. The number of hydrogen-bond acceptors (Lipinski definition) is 7. The molecular weight excluding hydrogens is 441 g/mol. The number of hydrogen-bond donors (Lipinski definition) is 1. The van der Waals surface area contributed by atoms with Crippen molar-refractivity contribution in [1.82, 2.24) is 25.1 Å². The Morgan fingerprint density at radius 2 is 1.97 bits per heavy atom. The minimum absolute atomic E-state index is 0.0563. The molecule has 0 unspecified atom stereocenters. The van der Waals surface area contributed by atoms with Gasteiger partial charge in [-0.3, -0.25) is 4.79 Å². The van der Waals surface area contributed by atoms with Gasteiger partial charge in [-0.25, -0.2) is 14.2 Å². The van der Waals surface area contributed by atoms with Gasteiger partial charge in [-0.05, 0) is 57.2 Å². The number of nitrogens with one attached hydrogen (secondary N) is 1. The summed E-state index contributed by atoms with van der Waals surface area (Å²) in [6.07, 6.45) is 3.92. The highest BCUT2D eigenvalue weighted by atomic mass is 19.1. The van der Waals surface area contributed by atoms with Crippen LogP contribution in [0.3, 0.4) is 0 Å². The molecule has 2 aromatic rings. The standard InChI is InChI=1S/C24H30FN5O4/c1-4-30(16(2)3)22(31)18-11-17(25)5-6-19(18)33-20-12-26-15-28-21(20)34-23(32)29-9-7-24(8-10-29)13-27-14-24/h5-6,11-12,15-16,27H,4,7-10,13-14H2,1-3H3. The SMILES string of the molecule is CCN(C(=O)c1cc(F)ccc1Oc1cncnc1OC(=O)N1CCC2(CC1)CNC2)C(C)C. The van der Waals surface area contributed by atoms with Crippen LogP contribution in [0.2, 0.25) is 0 Å². The van der Waals surface area contributed by atoms with Gasteiger partial charge in [0.25, 0.3) is 11.8 Å². The lowest BCUT2D eigenvalue weighted by molar-refractivity contribution is 0.0561. The summed E-state index contributed by atoms with van der Waals surface area (Å²) in [7, 11) is 0. The van der Waals surface area contributed by atoms with Crippen LogP contribution in [0, 0.1) is 11.2 Å². The van der Waals surface area contributed by atoms with Crippen molar-refractivity contribution in [1.29, 1.82) is 0 Å². The Morgan fingerprint density at radius 1 is 1.24 bits per heavy atom. The fourth-order valence-corrected chi connectivity index (χ4v) is 4.37. The normalized spacial score (nSPS) is 16.8. The molecular formula is C24H30FN5O4. The maximum absolute atomic E-state index is 14.0. The van der Waals surface area contributed by atoms with Crippen molar-refractivity contribution in [2.45, 2.75) is 39.7 Å². The third-order valence-electron chi connectivity index (χ3n) is 6.53. The van der Waals surface area contributed by atoms with Gasteiger partial charge in [0.05, 0.1) is 11.8 Å². The number of carbonyl (C=O) groups excluding carboxylic acids is 2. The van der Waals surface area contributed by atoms with E-state index in [1.54, 1.807) is 9.80 Å². The quantitative estimate of drug-likeness (QED) is 0.689. The van der Waals surface area contributed by atoms with Crippen molar-refractivity contribution in [2.75, 3.05) is 32.7 Å². The molecule has 0 atom stereocenters. The molecule has 2 saturated heterocycles. The molecule has 34 heavy (non-hydrogen) atoms. The lowest BCUT2D eigenvalue weighted by Crippen LogP contribution is -2.59. The Bertz CT molecular complexity index is 1050. The van der Waals surface area contributed by atoms with Crippen molar-refractivity contribution < 1.29 is 23.5 Å². The number of nitrogens with zero attached hydrogens (tertiary/aromatic N) is 4. The van der Waals surface area contributed by atoms with Crippen LogP contribution in [0.1, 0.15) is 44.0 Å². The topological polar surface area (TPSA) is 96.9 Å². The fourth-order valence-electron chi connectivity index (χ4n) is 4.37. The molecule has 2 aliphatic heterocycles. The van der Waals surface area contributed by atoms with Crippen LogP contribution in [0.4, 0.5) is 9.18 Å². The molecule has 1 spiro atoms. The molecule has 2 aliphatic rings. The number of piperidine rings is 1. The summed E-state index contributed by atoms with van der Waals surface area (Å²) in [5, 5.41) is 3.30. The van der Waals surface area contributed by atoms with Crippen LogP contribution in [0.25, 0.3) is 0 Å². The van der Waals surface area contributed by atoms with Gasteiger partial charge in [0.15, 0.2) is 0 Å².